The lowest BCUT2D eigenvalue weighted by molar-refractivity contribution is 0.174. The molecule has 20 heavy (non-hydrogen) atoms. The maximum Gasteiger partial charge on any atom is 0.231 e. The van der Waals surface area contributed by atoms with Crippen LogP contribution in [0.4, 0.5) is 5.69 Å². The number of rotatable bonds is 3. The minimum Gasteiger partial charge on any atom is -0.454 e. The average Bonchev–Trinajstić information content (AvgIpc) is 2.86. The van der Waals surface area contributed by atoms with Crippen LogP contribution in [-0.2, 0) is 6.54 Å². The summed E-state index contributed by atoms with van der Waals surface area (Å²) in [7, 11) is 0. The van der Waals surface area contributed by atoms with E-state index in [4.69, 9.17) is 9.47 Å². The lowest BCUT2D eigenvalue weighted by Crippen LogP contribution is -2.02. The summed E-state index contributed by atoms with van der Waals surface area (Å²) in [6.45, 7) is 5.24. The van der Waals surface area contributed by atoms with E-state index in [1.807, 2.05) is 12.1 Å². The van der Waals surface area contributed by atoms with Crippen LogP contribution >= 0.6 is 15.9 Å². The van der Waals surface area contributed by atoms with Crippen molar-refractivity contribution in [3.63, 3.8) is 0 Å². The fourth-order valence-electron chi connectivity index (χ4n) is 2.21. The summed E-state index contributed by atoms with van der Waals surface area (Å²) in [4.78, 5) is 0. The molecule has 1 aliphatic heterocycles. The van der Waals surface area contributed by atoms with Gasteiger partial charge in [-0.25, -0.2) is 0 Å². The van der Waals surface area contributed by atoms with Crippen LogP contribution in [0.1, 0.15) is 16.7 Å². The summed E-state index contributed by atoms with van der Waals surface area (Å²) in [6, 6.07) is 10.4. The van der Waals surface area contributed by atoms with Gasteiger partial charge >= 0.3 is 0 Å². The number of aryl methyl sites for hydroxylation is 2. The molecular weight excluding hydrogens is 318 g/mol. The van der Waals surface area contributed by atoms with E-state index in [9.17, 15) is 0 Å². The molecule has 0 radical (unpaired) electrons. The Morgan fingerprint density at radius 1 is 1.10 bits per heavy atom. The summed E-state index contributed by atoms with van der Waals surface area (Å²) < 4.78 is 11.8. The molecule has 3 rings (SSSR count). The van der Waals surface area contributed by atoms with Crippen molar-refractivity contribution >= 4 is 21.6 Å². The Kier molecular flexibility index (Phi) is 3.57. The molecule has 0 bridgehead atoms. The second-order valence-corrected chi connectivity index (χ2v) is 5.82. The highest BCUT2D eigenvalue weighted by molar-refractivity contribution is 9.10. The van der Waals surface area contributed by atoms with Crippen molar-refractivity contribution in [3.05, 3.63) is 51.5 Å². The molecule has 1 heterocycles. The first-order chi connectivity index (χ1) is 9.63. The molecule has 1 N–H and O–H groups in total. The molecule has 0 saturated carbocycles. The molecule has 0 atom stereocenters. The van der Waals surface area contributed by atoms with E-state index in [1.54, 1.807) is 0 Å². The predicted molar refractivity (Wildman–Crippen MR) is 83.5 cm³/mol. The van der Waals surface area contributed by atoms with Gasteiger partial charge in [-0.15, -0.1) is 0 Å². The van der Waals surface area contributed by atoms with Gasteiger partial charge < -0.3 is 14.8 Å². The fourth-order valence-corrected chi connectivity index (χ4v) is 2.67. The molecule has 0 amide bonds. The van der Waals surface area contributed by atoms with Gasteiger partial charge in [0.15, 0.2) is 11.5 Å². The van der Waals surface area contributed by atoms with Crippen LogP contribution in [0, 0.1) is 13.8 Å². The Morgan fingerprint density at radius 3 is 2.65 bits per heavy atom. The molecule has 2 aromatic carbocycles. The number of hydrogen-bond donors (Lipinski definition) is 1. The number of fused-ring (bicyclic) bond motifs is 1. The number of halogens is 1. The zero-order valence-electron chi connectivity index (χ0n) is 11.5. The van der Waals surface area contributed by atoms with Crippen LogP contribution < -0.4 is 14.8 Å². The second kappa shape index (κ2) is 5.37. The van der Waals surface area contributed by atoms with E-state index >= 15 is 0 Å². The zero-order valence-corrected chi connectivity index (χ0v) is 13.1. The van der Waals surface area contributed by atoms with E-state index in [-0.39, 0.29) is 0 Å². The van der Waals surface area contributed by atoms with Crippen LogP contribution in [0.15, 0.2) is 34.8 Å². The Bertz CT molecular complexity index is 655. The maximum absolute atomic E-state index is 5.42. The quantitative estimate of drug-likeness (QED) is 0.902. The third-order valence-electron chi connectivity index (χ3n) is 3.40. The molecule has 3 nitrogen and oxygen atoms in total. The van der Waals surface area contributed by atoms with Gasteiger partial charge in [0.1, 0.15) is 0 Å². The Labute approximate surface area is 127 Å². The first-order valence-corrected chi connectivity index (χ1v) is 7.32. The van der Waals surface area contributed by atoms with Crippen molar-refractivity contribution in [1.29, 1.82) is 0 Å². The van der Waals surface area contributed by atoms with Gasteiger partial charge in [-0.3, -0.25) is 0 Å². The summed E-state index contributed by atoms with van der Waals surface area (Å²) in [6.07, 6.45) is 0. The normalized spacial score (nSPS) is 12.6. The standard InChI is InChI=1S/C16H16BrNO2/c1-10-3-4-11(2)14(5-10)18-8-12-6-15-16(7-13(12)17)20-9-19-15/h3-7,18H,8-9H2,1-2H3. The fraction of sp³-hybridized carbons (Fsp3) is 0.250. The minimum atomic E-state index is 0.301. The monoisotopic (exact) mass is 333 g/mol. The van der Waals surface area contributed by atoms with Gasteiger partial charge in [0, 0.05) is 16.7 Å². The lowest BCUT2D eigenvalue weighted by Gasteiger charge is -2.12. The summed E-state index contributed by atoms with van der Waals surface area (Å²) >= 11 is 3.58. The van der Waals surface area contributed by atoms with E-state index in [2.05, 4.69) is 53.3 Å². The summed E-state index contributed by atoms with van der Waals surface area (Å²) in [5.74, 6) is 1.61. The smallest absolute Gasteiger partial charge is 0.231 e. The van der Waals surface area contributed by atoms with Gasteiger partial charge in [-0.2, -0.15) is 0 Å². The minimum absolute atomic E-state index is 0.301. The third-order valence-corrected chi connectivity index (χ3v) is 4.14. The largest absolute Gasteiger partial charge is 0.454 e. The van der Waals surface area contributed by atoms with Crippen LogP contribution in [-0.4, -0.2) is 6.79 Å². The zero-order chi connectivity index (χ0) is 14.1. The first-order valence-electron chi connectivity index (χ1n) is 6.52. The molecule has 1 aliphatic rings. The summed E-state index contributed by atoms with van der Waals surface area (Å²) in [5.41, 5.74) is 4.81. The molecule has 2 aromatic rings. The highest BCUT2D eigenvalue weighted by atomic mass is 79.9. The molecule has 0 saturated heterocycles. The van der Waals surface area contributed by atoms with Gasteiger partial charge in [0.25, 0.3) is 0 Å². The molecule has 0 aromatic heterocycles. The van der Waals surface area contributed by atoms with E-state index in [0.717, 1.165) is 33.8 Å². The van der Waals surface area contributed by atoms with Crippen molar-refractivity contribution in [2.45, 2.75) is 20.4 Å². The van der Waals surface area contributed by atoms with Crippen molar-refractivity contribution < 1.29 is 9.47 Å². The predicted octanol–water partition coefficient (Wildman–Crippen LogP) is 4.41. The molecule has 0 spiro atoms. The SMILES string of the molecule is Cc1ccc(C)c(NCc2cc3c(cc2Br)OCO3)c1. The van der Waals surface area contributed by atoms with Crippen molar-refractivity contribution in [3.8, 4) is 11.5 Å². The average molecular weight is 334 g/mol. The van der Waals surface area contributed by atoms with Crippen LogP contribution in [0.2, 0.25) is 0 Å². The van der Waals surface area contributed by atoms with Gasteiger partial charge in [-0.1, -0.05) is 28.1 Å². The second-order valence-electron chi connectivity index (χ2n) is 4.97. The van der Waals surface area contributed by atoms with E-state index in [0.29, 0.717) is 6.79 Å². The van der Waals surface area contributed by atoms with Crippen molar-refractivity contribution in [2.75, 3.05) is 12.1 Å². The number of benzene rings is 2. The first kappa shape index (κ1) is 13.3. The third kappa shape index (κ3) is 2.61. The highest BCUT2D eigenvalue weighted by Gasteiger charge is 2.16. The number of anilines is 1. The number of hydrogen-bond acceptors (Lipinski definition) is 3. The summed E-state index contributed by atoms with van der Waals surface area (Å²) in [5, 5.41) is 3.48. The van der Waals surface area contributed by atoms with Gasteiger partial charge in [-0.05, 0) is 48.7 Å². The molecule has 0 unspecified atom stereocenters. The highest BCUT2D eigenvalue weighted by Crippen LogP contribution is 2.37. The van der Waals surface area contributed by atoms with Crippen LogP contribution in [0.5, 0.6) is 11.5 Å². The molecule has 4 heteroatoms. The molecule has 0 aliphatic carbocycles. The van der Waals surface area contributed by atoms with E-state index in [1.165, 1.54) is 11.1 Å². The Hall–Kier alpha value is -1.68. The van der Waals surface area contributed by atoms with Crippen LogP contribution in [0.3, 0.4) is 0 Å². The number of ether oxygens (including phenoxy) is 2. The van der Waals surface area contributed by atoms with Crippen molar-refractivity contribution in [2.24, 2.45) is 0 Å². The van der Waals surface area contributed by atoms with Crippen LogP contribution in [0.25, 0.3) is 0 Å². The Morgan fingerprint density at radius 2 is 1.85 bits per heavy atom. The Balaban J connectivity index is 1.80. The lowest BCUT2D eigenvalue weighted by atomic mass is 10.1. The van der Waals surface area contributed by atoms with Crippen molar-refractivity contribution in [1.82, 2.24) is 0 Å². The van der Waals surface area contributed by atoms with Gasteiger partial charge in [0.05, 0.1) is 0 Å². The molecule has 0 fully saturated rings. The number of nitrogens with one attached hydrogen (secondary N) is 1. The topological polar surface area (TPSA) is 30.5 Å². The molecular formula is C16H16BrNO2. The van der Waals surface area contributed by atoms with E-state index < -0.39 is 0 Å². The molecule has 104 valence electrons. The maximum atomic E-state index is 5.42. The van der Waals surface area contributed by atoms with Gasteiger partial charge in [0.2, 0.25) is 6.79 Å².